The molecule has 1 N–H and O–H groups in total. The van der Waals surface area contributed by atoms with Crippen LogP contribution in [0.5, 0.6) is 0 Å². The van der Waals surface area contributed by atoms with E-state index in [2.05, 4.69) is 15.1 Å². The normalized spacial score (nSPS) is 10.2. The fourth-order valence-electron chi connectivity index (χ4n) is 1.05. The van der Waals surface area contributed by atoms with Gasteiger partial charge < -0.3 is 4.98 Å². The summed E-state index contributed by atoms with van der Waals surface area (Å²) >= 11 is 0. The van der Waals surface area contributed by atoms with Crippen LogP contribution < -0.4 is 5.43 Å². The summed E-state index contributed by atoms with van der Waals surface area (Å²) in [6, 6.07) is 1.45. The van der Waals surface area contributed by atoms with Crippen LogP contribution in [-0.4, -0.2) is 19.7 Å². The van der Waals surface area contributed by atoms with Gasteiger partial charge >= 0.3 is 0 Å². The van der Waals surface area contributed by atoms with Crippen LogP contribution in [0.3, 0.4) is 0 Å². The molecule has 0 aromatic carbocycles. The number of nitrogens with one attached hydrogen (secondary N) is 1. The number of nitrogens with zero attached hydrogens (tertiary/aromatic N) is 3. The Labute approximate surface area is 74.1 Å². The highest BCUT2D eigenvalue weighted by molar-refractivity contribution is 5.25. The summed E-state index contributed by atoms with van der Waals surface area (Å²) in [5, 5.41) is 4.03. The molecule has 0 unspecified atom stereocenters. The largest absolute Gasteiger partial charge is 0.366 e. The van der Waals surface area contributed by atoms with Crippen molar-refractivity contribution in [1.29, 1.82) is 0 Å². The van der Waals surface area contributed by atoms with E-state index in [1.807, 2.05) is 0 Å². The van der Waals surface area contributed by atoms with Crippen molar-refractivity contribution in [3.8, 4) is 5.69 Å². The molecule has 0 aliphatic rings. The molecule has 2 aromatic heterocycles. The quantitative estimate of drug-likeness (QED) is 0.678. The molecule has 13 heavy (non-hydrogen) atoms. The summed E-state index contributed by atoms with van der Waals surface area (Å²) in [4.78, 5) is 18.1. The Bertz CT molecular complexity index is 471. The first-order chi connectivity index (χ1) is 6.27. The maximum Gasteiger partial charge on any atom is 0.207 e. The summed E-state index contributed by atoms with van der Waals surface area (Å²) in [7, 11) is 0. The first-order valence-corrected chi connectivity index (χ1v) is 3.83. The molecule has 0 aliphatic heterocycles. The maximum atomic E-state index is 11.3. The molecule has 2 rings (SSSR count). The molecule has 0 amide bonds. The molecular formula is C8H8N4O. The SMILES string of the molecule is Cc1ncn(-c2c[nH]ccc2=O)n1. The van der Waals surface area contributed by atoms with Gasteiger partial charge in [0, 0.05) is 18.5 Å². The molecule has 0 fully saturated rings. The zero-order chi connectivity index (χ0) is 9.26. The molecule has 5 nitrogen and oxygen atoms in total. The van der Waals surface area contributed by atoms with Gasteiger partial charge in [-0.15, -0.1) is 0 Å². The summed E-state index contributed by atoms with van der Waals surface area (Å²) in [5.74, 6) is 0.642. The van der Waals surface area contributed by atoms with Gasteiger partial charge in [-0.05, 0) is 6.92 Å². The minimum Gasteiger partial charge on any atom is -0.366 e. The highest BCUT2D eigenvalue weighted by Crippen LogP contribution is 1.96. The second-order valence-corrected chi connectivity index (χ2v) is 2.63. The van der Waals surface area contributed by atoms with Crippen LogP contribution in [0.4, 0.5) is 0 Å². The molecule has 0 atom stereocenters. The lowest BCUT2D eigenvalue weighted by Gasteiger charge is -1.96. The van der Waals surface area contributed by atoms with Crippen LogP contribution in [-0.2, 0) is 0 Å². The topological polar surface area (TPSA) is 63.6 Å². The number of aryl methyl sites for hydroxylation is 1. The number of pyridine rings is 1. The van der Waals surface area contributed by atoms with Crippen molar-refractivity contribution in [1.82, 2.24) is 19.7 Å². The number of hydrogen-bond donors (Lipinski definition) is 1. The fourth-order valence-corrected chi connectivity index (χ4v) is 1.05. The first-order valence-electron chi connectivity index (χ1n) is 3.83. The maximum absolute atomic E-state index is 11.3. The van der Waals surface area contributed by atoms with E-state index in [9.17, 15) is 4.79 Å². The Balaban J connectivity index is 2.59. The molecular weight excluding hydrogens is 168 g/mol. The van der Waals surface area contributed by atoms with Crippen LogP contribution in [0, 0.1) is 6.92 Å². The van der Waals surface area contributed by atoms with Crippen LogP contribution in [0.1, 0.15) is 5.82 Å². The van der Waals surface area contributed by atoms with E-state index in [1.54, 1.807) is 19.3 Å². The van der Waals surface area contributed by atoms with Gasteiger partial charge in [-0.2, -0.15) is 5.10 Å². The fraction of sp³-hybridized carbons (Fsp3) is 0.125. The van der Waals surface area contributed by atoms with Gasteiger partial charge in [0.25, 0.3) is 0 Å². The molecule has 0 spiro atoms. The number of rotatable bonds is 1. The van der Waals surface area contributed by atoms with Crippen molar-refractivity contribution in [2.24, 2.45) is 0 Å². The van der Waals surface area contributed by atoms with Crippen LogP contribution >= 0.6 is 0 Å². The molecule has 5 heteroatoms. The van der Waals surface area contributed by atoms with Crippen molar-refractivity contribution in [2.75, 3.05) is 0 Å². The van der Waals surface area contributed by atoms with E-state index >= 15 is 0 Å². The predicted molar refractivity (Wildman–Crippen MR) is 46.7 cm³/mol. The van der Waals surface area contributed by atoms with E-state index in [-0.39, 0.29) is 5.43 Å². The minimum atomic E-state index is -0.0800. The predicted octanol–water partition coefficient (Wildman–Crippen LogP) is 0.264. The number of H-pyrrole nitrogens is 1. The average Bonchev–Trinajstić information content (AvgIpc) is 2.53. The Kier molecular flexibility index (Phi) is 1.70. The number of aromatic amines is 1. The van der Waals surface area contributed by atoms with Crippen LogP contribution in [0.2, 0.25) is 0 Å². The molecule has 2 aromatic rings. The standard InChI is InChI=1S/C8H8N4O/c1-6-10-5-12(11-6)7-4-9-3-2-8(7)13/h2-5H,1H3,(H,9,13). The third-order valence-corrected chi connectivity index (χ3v) is 1.66. The van der Waals surface area contributed by atoms with Crippen LogP contribution in [0.25, 0.3) is 5.69 Å². The highest BCUT2D eigenvalue weighted by atomic mass is 16.1. The molecule has 0 saturated heterocycles. The monoisotopic (exact) mass is 176 g/mol. The summed E-state index contributed by atoms with van der Waals surface area (Å²) in [6.07, 6.45) is 4.69. The summed E-state index contributed by atoms with van der Waals surface area (Å²) in [5.41, 5.74) is 0.395. The van der Waals surface area contributed by atoms with E-state index in [1.165, 1.54) is 17.1 Å². The lowest BCUT2D eigenvalue weighted by atomic mass is 10.4. The van der Waals surface area contributed by atoms with Gasteiger partial charge in [-0.25, -0.2) is 9.67 Å². The summed E-state index contributed by atoms with van der Waals surface area (Å²) < 4.78 is 1.45. The third-order valence-electron chi connectivity index (χ3n) is 1.66. The van der Waals surface area contributed by atoms with E-state index in [4.69, 9.17) is 0 Å². The highest BCUT2D eigenvalue weighted by Gasteiger charge is 2.01. The Morgan fingerprint density at radius 3 is 3.00 bits per heavy atom. The zero-order valence-corrected chi connectivity index (χ0v) is 7.06. The van der Waals surface area contributed by atoms with Gasteiger partial charge in [-0.1, -0.05) is 0 Å². The molecule has 2 heterocycles. The van der Waals surface area contributed by atoms with Gasteiger partial charge in [0.1, 0.15) is 17.8 Å². The molecule has 66 valence electrons. The van der Waals surface area contributed by atoms with Crippen molar-refractivity contribution >= 4 is 0 Å². The second-order valence-electron chi connectivity index (χ2n) is 2.63. The van der Waals surface area contributed by atoms with Crippen molar-refractivity contribution in [3.63, 3.8) is 0 Å². The molecule has 0 radical (unpaired) electrons. The van der Waals surface area contributed by atoms with Crippen molar-refractivity contribution in [3.05, 3.63) is 40.8 Å². The minimum absolute atomic E-state index is 0.0800. The molecule has 0 saturated carbocycles. The lowest BCUT2D eigenvalue weighted by molar-refractivity contribution is 0.850. The van der Waals surface area contributed by atoms with Gasteiger partial charge in [0.2, 0.25) is 5.43 Å². The average molecular weight is 176 g/mol. The van der Waals surface area contributed by atoms with E-state index < -0.39 is 0 Å². The lowest BCUT2D eigenvalue weighted by Crippen LogP contribution is -2.10. The smallest absolute Gasteiger partial charge is 0.207 e. The zero-order valence-electron chi connectivity index (χ0n) is 7.06. The van der Waals surface area contributed by atoms with Crippen LogP contribution in [0.15, 0.2) is 29.6 Å². The van der Waals surface area contributed by atoms with Crippen molar-refractivity contribution in [2.45, 2.75) is 6.92 Å². The number of aromatic nitrogens is 4. The van der Waals surface area contributed by atoms with Gasteiger partial charge in [0.05, 0.1) is 0 Å². The van der Waals surface area contributed by atoms with E-state index in [0.29, 0.717) is 11.5 Å². The van der Waals surface area contributed by atoms with E-state index in [0.717, 1.165) is 0 Å². The third kappa shape index (κ3) is 1.35. The van der Waals surface area contributed by atoms with Gasteiger partial charge in [-0.3, -0.25) is 4.79 Å². The molecule has 0 bridgehead atoms. The second kappa shape index (κ2) is 2.85. The number of hydrogen-bond acceptors (Lipinski definition) is 3. The Hall–Kier alpha value is -1.91. The Morgan fingerprint density at radius 1 is 1.54 bits per heavy atom. The summed E-state index contributed by atoms with van der Waals surface area (Å²) in [6.45, 7) is 1.77. The Morgan fingerprint density at radius 2 is 2.38 bits per heavy atom. The molecule has 0 aliphatic carbocycles. The van der Waals surface area contributed by atoms with Crippen molar-refractivity contribution < 1.29 is 0 Å². The first kappa shape index (κ1) is 7.72. The van der Waals surface area contributed by atoms with Gasteiger partial charge in [0.15, 0.2) is 0 Å².